The number of nitrogens with one attached hydrogen (secondary N) is 1. The molecule has 1 heterocycles. The summed E-state index contributed by atoms with van der Waals surface area (Å²) in [5.41, 5.74) is 0.405. The number of phenols is 1. The van der Waals surface area contributed by atoms with Gasteiger partial charge in [0.1, 0.15) is 0 Å². The van der Waals surface area contributed by atoms with Gasteiger partial charge in [-0.1, -0.05) is 0 Å². The summed E-state index contributed by atoms with van der Waals surface area (Å²) in [6.07, 6.45) is 0.824. The summed E-state index contributed by atoms with van der Waals surface area (Å²) >= 11 is 2.90. The van der Waals surface area contributed by atoms with Crippen LogP contribution in [0.1, 0.15) is 18.0 Å². The topological polar surface area (TPSA) is 32.3 Å². The molecule has 76 valence electrons. The number of rotatable bonds is 1. The maximum Gasteiger partial charge on any atom is 0.201 e. The van der Waals surface area contributed by atoms with E-state index in [2.05, 4.69) is 21.2 Å². The Bertz CT molecular complexity index is 380. The van der Waals surface area contributed by atoms with Gasteiger partial charge in [0, 0.05) is 11.6 Å². The van der Waals surface area contributed by atoms with E-state index in [4.69, 9.17) is 0 Å². The van der Waals surface area contributed by atoms with Crippen LogP contribution in [-0.4, -0.2) is 11.7 Å². The largest absolute Gasteiger partial charge is 0.505 e. The van der Waals surface area contributed by atoms with Crippen molar-refractivity contribution in [2.45, 2.75) is 12.5 Å². The van der Waals surface area contributed by atoms with E-state index in [9.17, 15) is 13.9 Å². The highest BCUT2D eigenvalue weighted by molar-refractivity contribution is 9.10. The first kappa shape index (κ1) is 9.86. The van der Waals surface area contributed by atoms with E-state index < -0.39 is 17.4 Å². The molecule has 1 aromatic carbocycles. The van der Waals surface area contributed by atoms with Gasteiger partial charge in [0.2, 0.25) is 5.82 Å². The standard InChI is InChI=1S/C9H8BrF2NO/c10-5-3-4(6-1-2-13-6)9(14)8(12)7(5)11/h3,6,13-14H,1-2H2/t6-/m0/s1. The summed E-state index contributed by atoms with van der Waals surface area (Å²) in [6, 6.07) is 1.34. The number of aromatic hydroxyl groups is 1. The van der Waals surface area contributed by atoms with Crippen LogP contribution in [-0.2, 0) is 0 Å². The third-order valence-corrected chi connectivity index (χ3v) is 2.94. The molecule has 0 unspecified atom stereocenters. The van der Waals surface area contributed by atoms with E-state index in [0.29, 0.717) is 5.56 Å². The number of halogens is 3. The lowest BCUT2D eigenvalue weighted by atomic mass is 9.97. The van der Waals surface area contributed by atoms with Crippen molar-refractivity contribution in [2.75, 3.05) is 6.54 Å². The lowest BCUT2D eigenvalue weighted by molar-refractivity contribution is 0.347. The molecule has 1 saturated heterocycles. The SMILES string of the molecule is Oc1c([C@@H]2CCN2)cc(Br)c(F)c1F. The minimum absolute atomic E-state index is 0.0384. The number of benzene rings is 1. The first-order chi connectivity index (χ1) is 6.61. The Morgan fingerprint density at radius 3 is 2.57 bits per heavy atom. The van der Waals surface area contributed by atoms with E-state index in [1.165, 1.54) is 6.07 Å². The van der Waals surface area contributed by atoms with Gasteiger partial charge in [-0.05, 0) is 35.0 Å². The molecule has 0 spiro atoms. The molecule has 0 bridgehead atoms. The van der Waals surface area contributed by atoms with Crippen LogP contribution < -0.4 is 5.32 Å². The van der Waals surface area contributed by atoms with Crippen LogP contribution in [0.4, 0.5) is 8.78 Å². The molecule has 2 nitrogen and oxygen atoms in total. The van der Waals surface area contributed by atoms with E-state index >= 15 is 0 Å². The molecular formula is C9H8BrF2NO. The molecule has 0 radical (unpaired) electrons. The quantitative estimate of drug-likeness (QED) is 0.764. The first-order valence-electron chi connectivity index (χ1n) is 4.21. The second-order valence-corrected chi connectivity index (χ2v) is 4.07. The highest BCUT2D eigenvalue weighted by Gasteiger charge is 2.26. The number of hydrogen-bond donors (Lipinski definition) is 2. The third-order valence-electron chi connectivity index (χ3n) is 2.37. The molecule has 0 aliphatic carbocycles. The fourth-order valence-electron chi connectivity index (χ4n) is 1.42. The van der Waals surface area contributed by atoms with Crippen molar-refractivity contribution < 1.29 is 13.9 Å². The second kappa shape index (κ2) is 3.47. The van der Waals surface area contributed by atoms with Crippen LogP contribution in [0.5, 0.6) is 5.75 Å². The highest BCUT2D eigenvalue weighted by Crippen LogP contribution is 2.36. The molecule has 0 amide bonds. The van der Waals surface area contributed by atoms with Gasteiger partial charge in [-0.3, -0.25) is 0 Å². The van der Waals surface area contributed by atoms with Gasteiger partial charge < -0.3 is 10.4 Å². The average Bonchev–Trinajstić information content (AvgIpc) is 2.08. The maximum absolute atomic E-state index is 13.1. The van der Waals surface area contributed by atoms with Gasteiger partial charge in [0.15, 0.2) is 11.6 Å². The molecule has 1 aliphatic rings. The summed E-state index contributed by atoms with van der Waals surface area (Å²) in [5, 5.41) is 12.4. The average molecular weight is 264 g/mol. The molecule has 5 heteroatoms. The molecule has 2 N–H and O–H groups in total. The Kier molecular flexibility index (Phi) is 2.45. The smallest absolute Gasteiger partial charge is 0.201 e. The highest BCUT2D eigenvalue weighted by atomic mass is 79.9. The van der Waals surface area contributed by atoms with E-state index in [-0.39, 0.29) is 10.5 Å². The molecule has 1 aromatic rings. The van der Waals surface area contributed by atoms with Crippen molar-refractivity contribution in [3.63, 3.8) is 0 Å². The van der Waals surface area contributed by atoms with Crippen molar-refractivity contribution in [1.82, 2.24) is 5.32 Å². The lowest BCUT2D eigenvalue weighted by Gasteiger charge is -2.28. The van der Waals surface area contributed by atoms with Gasteiger partial charge in [0.05, 0.1) is 4.47 Å². The van der Waals surface area contributed by atoms with Gasteiger partial charge in [-0.2, -0.15) is 4.39 Å². The Labute approximate surface area is 88.1 Å². The number of phenolic OH excluding ortho intramolecular Hbond substituents is 1. The van der Waals surface area contributed by atoms with Crippen molar-refractivity contribution in [3.8, 4) is 5.75 Å². The van der Waals surface area contributed by atoms with E-state index in [1.807, 2.05) is 0 Å². The Balaban J connectivity index is 2.49. The summed E-state index contributed by atoms with van der Waals surface area (Å²) in [4.78, 5) is 0. The Morgan fingerprint density at radius 1 is 1.43 bits per heavy atom. The van der Waals surface area contributed by atoms with Crippen LogP contribution in [0.25, 0.3) is 0 Å². The monoisotopic (exact) mass is 263 g/mol. The first-order valence-corrected chi connectivity index (χ1v) is 5.00. The van der Waals surface area contributed by atoms with Crippen molar-refractivity contribution in [3.05, 3.63) is 27.7 Å². The van der Waals surface area contributed by atoms with E-state index in [1.54, 1.807) is 0 Å². The van der Waals surface area contributed by atoms with Gasteiger partial charge in [0.25, 0.3) is 0 Å². The zero-order chi connectivity index (χ0) is 10.3. The molecule has 1 aliphatic heterocycles. The fourth-order valence-corrected chi connectivity index (χ4v) is 1.84. The zero-order valence-electron chi connectivity index (χ0n) is 7.15. The Hall–Kier alpha value is -0.680. The number of hydrogen-bond acceptors (Lipinski definition) is 2. The second-order valence-electron chi connectivity index (χ2n) is 3.22. The molecular weight excluding hydrogens is 256 g/mol. The lowest BCUT2D eigenvalue weighted by Crippen LogP contribution is -2.35. The third kappa shape index (κ3) is 1.40. The predicted molar refractivity (Wildman–Crippen MR) is 51.1 cm³/mol. The van der Waals surface area contributed by atoms with Crippen LogP contribution in [0.2, 0.25) is 0 Å². The van der Waals surface area contributed by atoms with Crippen molar-refractivity contribution in [1.29, 1.82) is 0 Å². The minimum atomic E-state index is -1.19. The molecule has 2 rings (SSSR count). The Morgan fingerprint density at radius 2 is 2.07 bits per heavy atom. The maximum atomic E-state index is 13.1. The van der Waals surface area contributed by atoms with Crippen LogP contribution in [0.3, 0.4) is 0 Å². The van der Waals surface area contributed by atoms with E-state index in [0.717, 1.165) is 13.0 Å². The molecule has 0 aromatic heterocycles. The molecule has 0 saturated carbocycles. The van der Waals surface area contributed by atoms with Gasteiger partial charge >= 0.3 is 0 Å². The summed E-state index contributed by atoms with van der Waals surface area (Å²) in [7, 11) is 0. The summed E-state index contributed by atoms with van der Waals surface area (Å²) in [5.74, 6) is -2.84. The summed E-state index contributed by atoms with van der Waals surface area (Å²) < 4.78 is 26.1. The van der Waals surface area contributed by atoms with Gasteiger partial charge in [-0.15, -0.1) is 0 Å². The van der Waals surface area contributed by atoms with Crippen molar-refractivity contribution >= 4 is 15.9 Å². The molecule has 14 heavy (non-hydrogen) atoms. The van der Waals surface area contributed by atoms with Crippen molar-refractivity contribution in [2.24, 2.45) is 0 Å². The minimum Gasteiger partial charge on any atom is -0.505 e. The summed E-state index contributed by atoms with van der Waals surface area (Å²) in [6.45, 7) is 0.834. The zero-order valence-corrected chi connectivity index (χ0v) is 8.74. The molecule has 1 atom stereocenters. The van der Waals surface area contributed by atoms with Crippen LogP contribution >= 0.6 is 15.9 Å². The molecule has 1 fully saturated rings. The normalized spacial score (nSPS) is 20.6. The fraction of sp³-hybridized carbons (Fsp3) is 0.333. The predicted octanol–water partition coefficient (Wildman–Crippen LogP) is 2.47. The van der Waals surface area contributed by atoms with Crippen LogP contribution in [0.15, 0.2) is 10.5 Å². The van der Waals surface area contributed by atoms with Gasteiger partial charge in [-0.25, -0.2) is 4.39 Å². The van der Waals surface area contributed by atoms with Crippen LogP contribution in [0, 0.1) is 11.6 Å².